The van der Waals surface area contributed by atoms with Crippen LogP contribution in [0.25, 0.3) is 0 Å². The maximum atomic E-state index is 12.9. The summed E-state index contributed by atoms with van der Waals surface area (Å²) < 4.78 is 18.3. The Kier molecular flexibility index (Phi) is 6.54. The molecule has 1 aromatic rings. The molecule has 1 aliphatic heterocycles. The van der Waals surface area contributed by atoms with Gasteiger partial charge in [-0.05, 0) is 48.3 Å². The minimum Gasteiger partial charge on any atom is -0.396 e. The molecule has 2 N–H and O–H groups in total. The van der Waals surface area contributed by atoms with Crippen LogP contribution >= 0.6 is 0 Å². The molecule has 0 spiro atoms. The van der Waals surface area contributed by atoms with E-state index in [4.69, 9.17) is 4.74 Å². The number of nitrogens with one attached hydrogen (secondary N) is 1. The molecule has 23 heavy (non-hydrogen) atoms. The Morgan fingerprint density at radius 1 is 1.35 bits per heavy atom. The number of benzene rings is 1. The highest BCUT2D eigenvalue weighted by Crippen LogP contribution is 2.33. The first-order chi connectivity index (χ1) is 11.0. The second-order valence-electron chi connectivity index (χ2n) is 6.52. The number of ether oxygens (including phenoxy) is 1. The number of carbonyl (C=O) groups is 1. The van der Waals surface area contributed by atoms with Gasteiger partial charge in [-0.25, -0.2) is 4.39 Å². The molecule has 1 heterocycles. The first-order valence-electron chi connectivity index (χ1n) is 8.25. The second kappa shape index (κ2) is 8.41. The van der Waals surface area contributed by atoms with E-state index < -0.39 is 0 Å². The monoisotopic (exact) mass is 323 g/mol. The van der Waals surface area contributed by atoms with Gasteiger partial charge in [0.25, 0.3) is 0 Å². The summed E-state index contributed by atoms with van der Waals surface area (Å²) in [5.41, 5.74) is 0.902. The Balaban J connectivity index is 1.84. The molecule has 0 radical (unpaired) electrons. The molecule has 128 valence electrons. The van der Waals surface area contributed by atoms with Crippen LogP contribution in [0.3, 0.4) is 0 Å². The molecule has 4 nitrogen and oxygen atoms in total. The quantitative estimate of drug-likeness (QED) is 0.811. The van der Waals surface area contributed by atoms with Crippen molar-refractivity contribution in [2.45, 2.75) is 38.5 Å². The van der Waals surface area contributed by atoms with E-state index in [0.717, 1.165) is 18.4 Å². The van der Waals surface area contributed by atoms with Gasteiger partial charge in [-0.2, -0.15) is 0 Å². The number of hydrogen-bond donors (Lipinski definition) is 2. The highest BCUT2D eigenvalue weighted by molar-refractivity contribution is 5.76. The van der Waals surface area contributed by atoms with Crippen molar-refractivity contribution >= 4 is 5.91 Å². The molecule has 1 unspecified atom stereocenters. The molecular formula is C18H26FNO3. The van der Waals surface area contributed by atoms with Crippen molar-refractivity contribution in [3.8, 4) is 0 Å². The second-order valence-corrected chi connectivity index (χ2v) is 6.52. The van der Waals surface area contributed by atoms with Gasteiger partial charge in [0.05, 0.1) is 0 Å². The minimum atomic E-state index is -0.268. The maximum absolute atomic E-state index is 12.9. The van der Waals surface area contributed by atoms with Crippen molar-refractivity contribution in [2.24, 2.45) is 5.41 Å². The van der Waals surface area contributed by atoms with Crippen LogP contribution in [0.5, 0.6) is 0 Å². The van der Waals surface area contributed by atoms with Crippen LogP contribution in [0.4, 0.5) is 4.39 Å². The normalized spacial score (nSPS) is 18.4. The van der Waals surface area contributed by atoms with E-state index in [1.54, 1.807) is 12.1 Å². The van der Waals surface area contributed by atoms with Crippen LogP contribution in [0, 0.1) is 11.2 Å². The third kappa shape index (κ3) is 5.29. The predicted molar refractivity (Wildman–Crippen MR) is 86.6 cm³/mol. The lowest BCUT2D eigenvalue weighted by Gasteiger charge is -2.37. The molecule has 0 bridgehead atoms. The van der Waals surface area contributed by atoms with Gasteiger partial charge in [-0.15, -0.1) is 0 Å². The lowest BCUT2D eigenvalue weighted by molar-refractivity contribution is -0.122. The number of hydrogen-bond acceptors (Lipinski definition) is 3. The first-order valence-corrected chi connectivity index (χ1v) is 8.25. The molecule has 2 rings (SSSR count). The van der Waals surface area contributed by atoms with Crippen LogP contribution in [0.2, 0.25) is 0 Å². The number of rotatable bonds is 7. The number of halogens is 1. The summed E-state index contributed by atoms with van der Waals surface area (Å²) in [6.45, 7) is 4.03. The molecule has 1 aromatic carbocycles. The van der Waals surface area contributed by atoms with Gasteiger partial charge in [0.1, 0.15) is 5.82 Å². The Morgan fingerprint density at radius 2 is 2.00 bits per heavy atom. The largest absolute Gasteiger partial charge is 0.396 e. The Morgan fingerprint density at radius 3 is 2.61 bits per heavy atom. The molecule has 5 heteroatoms. The Bertz CT molecular complexity index is 492. The lowest BCUT2D eigenvalue weighted by atomic mass is 9.77. The molecule has 1 amide bonds. The summed E-state index contributed by atoms with van der Waals surface area (Å²) in [5, 5.41) is 12.3. The van der Waals surface area contributed by atoms with Crippen LogP contribution in [-0.4, -0.2) is 37.4 Å². The van der Waals surface area contributed by atoms with E-state index in [0.29, 0.717) is 32.6 Å². The summed E-state index contributed by atoms with van der Waals surface area (Å²) in [4.78, 5) is 12.2. The van der Waals surface area contributed by atoms with E-state index >= 15 is 0 Å². The summed E-state index contributed by atoms with van der Waals surface area (Å²) >= 11 is 0. The molecule has 1 atom stereocenters. The van der Waals surface area contributed by atoms with Gasteiger partial charge in [-0.1, -0.05) is 19.1 Å². The van der Waals surface area contributed by atoms with Gasteiger partial charge in [-0.3, -0.25) is 4.79 Å². The van der Waals surface area contributed by atoms with Crippen LogP contribution < -0.4 is 5.32 Å². The van der Waals surface area contributed by atoms with Gasteiger partial charge in [0.15, 0.2) is 0 Å². The zero-order chi connectivity index (χ0) is 16.7. The van der Waals surface area contributed by atoms with E-state index in [1.807, 2.05) is 6.92 Å². The Hall–Kier alpha value is -1.46. The summed E-state index contributed by atoms with van der Waals surface area (Å²) in [6.07, 6.45) is 2.78. The number of aliphatic hydroxyl groups is 1. The van der Waals surface area contributed by atoms with Crippen molar-refractivity contribution in [1.82, 2.24) is 5.32 Å². The smallest absolute Gasteiger partial charge is 0.220 e. The average molecular weight is 323 g/mol. The molecular weight excluding hydrogens is 297 g/mol. The van der Waals surface area contributed by atoms with Crippen molar-refractivity contribution in [3.05, 3.63) is 35.6 Å². The number of amides is 1. The predicted octanol–water partition coefficient (Wildman–Crippen LogP) is 2.61. The first kappa shape index (κ1) is 17.9. The van der Waals surface area contributed by atoms with E-state index in [-0.39, 0.29) is 29.7 Å². The van der Waals surface area contributed by atoms with E-state index in [2.05, 4.69) is 5.32 Å². The van der Waals surface area contributed by atoms with Crippen molar-refractivity contribution in [2.75, 3.05) is 26.4 Å². The summed E-state index contributed by atoms with van der Waals surface area (Å²) in [7, 11) is 0. The fourth-order valence-corrected chi connectivity index (χ4v) is 3.10. The fraction of sp³-hybridized carbons (Fsp3) is 0.611. The summed E-state index contributed by atoms with van der Waals surface area (Å²) in [6, 6.07) is 6.28. The third-order valence-corrected chi connectivity index (χ3v) is 4.79. The molecule has 0 aliphatic carbocycles. The maximum Gasteiger partial charge on any atom is 0.220 e. The minimum absolute atomic E-state index is 0.00867. The highest BCUT2D eigenvalue weighted by Gasteiger charge is 2.32. The molecule has 0 aromatic heterocycles. The SMILES string of the molecule is CC(CC(=O)NCC1(CCO)CCOCC1)c1ccc(F)cc1. The van der Waals surface area contributed by atoms with Gasteiger partial charge in [0, 0.05) is 32.8 Å². The van der Waals surface area contributed by atoms with E-state index in [1.165, 1.54) is 12.1 Å². The third-order valence-electron chi connectivity index (χ3n) is 4.79. The lowest BCUT2D eigenvalue weighted by Crippen LogP contribution is -2.42. The topological polar surface area (TPSA) is 58.6 Å². The zero-order valence-electron chi connectivity index (χ0n) is 13.7. The molecule has 0 saturated carbocycles. The fourth-order valence-electron chi connectivity index (χ4n) is 3.10. The number of aliphatic hydroxyl groups excluding tert-OH is 1. The summed E-state index contributed by atoms with van der Waals surface area (Å²) in [5.74, 6) is -0.236. The van der Waals surface area contributed by atoms with Gasteiger partial charge in [0.2, 0.25) is 5.91 Å². The molecule has 1 aliphatic rings. The number of carbonyl (C=O) groups excluding carboxylic acids is 1. The van der Waals surface area contributed by atoms with Gasteiger partial charge >= 0.3 is 0 Å². The van der Waals surface area contributed by atoms with Gasteiger partial charge < -0.3 is 15.2 Å². The van der Waals surface area contributed by atoms with Crippen molar-refractivity contribution in [1.29, 1.82) is 0 Å². The highest BCUT2D eigenvalue weighted by atomic mass is 19.1. The van der Waals surface area contributed by atoms with E-state index in [9.17, 15) is 14.3 Å². The van der Waals surface area contributed by atoms with Crippen LogP contribution in [0.1, 0.15) is 44.1 Å². The standard InChI is InChI=1S/C18H26FNO3/c1-14(15-2-4-16(19)5-3-15)12-17(22)20-13-18(6-9-21)7-10-23-11-8-18/h2-5,14,21H,6-13H2,1H3,(H,20,22). The average Bonchev–Trinajstić information content (AvgIpc) is 2.55. The van der Waals surface area contributed by atoms with Crippen LogP contribution in [-0.2, 0) is 9.53 Å². The van der Waals surface area contributed by atoms with Crippen molar-refractivity contribution < 1.29 is 19.0 Å². The molecule has 1 saturated heterocycles. The zero-order valence-corrected chi connectivity index (χ0v) is 13.7. The van der Waals surface area contributed by atoms with Crippen molar-refractivity contribution in [3.63, 3.8) is 0 Å². The van der Waals surface area contributed by atoms with Crippen LogP contribution in [0.15, 0.2) is 24.3 Å². The molecule has 1 fully saturated rings. The Labute approximate surface area is 137 Å².